The molecule has 0 spiro atoms. The maximum Gasteiger partial charge on any atom is 0.228 e. The number of hydrogen-bond donors (Lipinski definition) is 1. The van der Waals surface area contributed by atoms with Crippen LogP contribution in [0.3, 0.4) is 0 Å². The van der Waals surface area contributed by atoms with E-state index in [4.69, 9.17) is 0 Å². The number of carbonyl (C=O) groups is 1. The number of aliphatic hydroxyl groups excluding tert-OH is 1. The zero-order valence-electron chi connectivity index (χ0n) is 19.8. The molecular weight excluding hydrogens is 422 g/mol. The van der Waals surface area contributed by atoms with Crippen molar-refractivity contribution in [1.82, 2.24) is 14.8 Å². The first-order valence-electron chi connectivity index (χ1n) is 12.4. The minimum atomic E-state index is 0.111. The number of aromatic nitrogens is 1. The van der Waals surface area contributed by atoms with Crippen molar-refractivity contribution in [3.8, 4) is 11.1 Å². The van der Waals surface area contributed by atoms with Gasteiger partial charge in [0.2, 0.25) is 5.91 Å². The van der Waals surface area contributed by atoms with Crippen molar-refractivity contribution in [1.29, 1.82) is 0 Å². The molecule has 2 aromatic carbocycles. The van der Waals surface area contributed by atoms with Crippen LogP contribution < -0.4 is 0 Å². The Kier molecular flexibility index (Phi) is 6.75. The summed E-state index contributed by atoms with van der Waals surface area (Å²) in [5.41, 5.74) is 5.79. The van der Waals surface area contributed by atoms with Crippen molar-refractivity contribution in [3.63, 3.8) is 0 Å². The fourth-order valence-electron chi connectivity index (χ4n) is 5.72. The Labute approximate surface area is 202 Å². The van der Waals surface area contributed by atoms with Crippen LogP contribution in [0, 0.1) is 6.92 Å². The molecular formula is C29H33N3O2. The Morgan fingerprint density at radius 2 is 1.76 bits per heavy atom. The molecule has 176 valence electrons. The smallest absolute Gasteiger partial charge is 0.228 e. The van der Waals surface area contributed by atoms with E-state index in [1.165, 1.54) is 22.3 Å². The Hall–Kier alpha value is -3.02. The maximum absolute atomic E-state index is 13.2. The van der Waals surface area contributed by atoms with Gasteiger partial charge in [-0.15, -0.1) is 0 Å². The fraction of sp³-hybridized carbons (Fsp3) is 0.379. The number of rotatable bonds is 5. The highest BCUT2D eigenvalue weighted by Crippen LogP contribution is 2.42. The normalized spacial score (nSPS) is 22.9. The highest BCUT2D eigenvalue weighted by atomic mass is 16.3. The van der Waals surface area contributed by atoms with Gasteiger partial charge in [0.25, 0.3) is 0 Å². The van der Waals surface area contributed by atoms with Crippen LogP contribution >= 0.6 is 0 Å². The van der Waals surface area contributed by atoms with Gasteiger partial charge < -0.3 is 10.0 Å². The molecule has 2 aliphatic rings. The largest absolute Gasteiger partial charge is 0.395 e. The first kappa shape index (κ1) is 22.8. The van der Waals surface area contributed by atoms with Gasteiger partial charge in [-0.3, -0.25) is 14.7 Å². The molecule has 0 saturated carbocycles. The Bertz CT molecular complexity index is 1120. The summed E-state index contributed by atoms with van der Waals surface area (Å²) in [7, 11) is 0. The third kappa shape index (κ3) is 4.50. The molecule has 5 heteroatoms. The van der Waals surface area contributed by atoms with E-state index >= 15 is 0 Å². The van der Waals surface area contributed by atoms with Gasteiger partial charge in [-0.2, -0.15) is 0 Å². The first-order valence-corrected chi connectivity index (χ1v) is 12.4. The highest BCUT2D eigenvalue weighted by Gasteiger charge is 2.49. The van der Waals surface area contributed by atoms with Crippen LogP contribution in [0.25, 0.3) is 11.1 Å². The van der Waals surface area contributed by atoms with Crippen LogP contribution in [0.5, 0.6) is 0 Å². The van der Waals surface area contributed by atoms with Crippen molar-refractivity contribution in [2.24, 2.45) is 0 Å². The Morgan fingerprint density at radius 3 is 2.50 bits per heavy atom. The van der Waals surface area contributed by atoms with Gasteiger partial charge in [-0.1, -0.05) is 54.6 Å². The highest BCUT2D eigenvalue weighted by molar-refractivity contribution is 5.78. The number of aryl methyl sites for hydroxylation is 1. The molecule has 2 aliphatic heterocycles. The predicted molar refractivity (Wildman–Crippen MR) is 134 cm³/mol. The van der Waals surface area contributed by atoms with Gasteiger partial charge in [-0.05, 0) is 60.7 Å². The fourth-order valence-corrected chi connectivity index (χ4v) is 5.72. The van der Waals surface area contributed by atoms with Crippen LogP contribution in [0.1, 0.15) is 35.6 Å². The summed E-state index contributed by atoms with van der Waals surface area (Å²) in [5, 5.41) is 10.2. The van der Waals surface area contributed by atoms with Crippen molar-refractivity contribution < 1.29 is 9.90 Å². The lowest BCUT2D eigenvalue weighted by molar-refractivity contribution is -0.135. The first-order chi connectivity index (χ1) is 16.7. The quantitative estimate of drug-likeness (QED) is 0.631. The molecule has 34 heavy (non-hydrogen) atoms. The van der Waals surface area contributed by atoms with E-state index in [1.54, 1.807) is 6.20 Å². The Morgan fingerprint density at radius 1 is 1.00 bits per heavy atom. The lowest BCUT2D eigenvalue weighted by Gasteiger charge is -2.57. The molecule has 1 aromatic heterocycles. The lowest BCUT2D eigenvalue weighted by Crippen LogP contribution is -2.68. The van der Waals surface area contributed by atoms with Crippen LogP contribution in [-0.4, -0.2) is 64.1 Å². The summed E-state index contributed by atoms with van der Waals surface area (Å²) in [4.78, 5) is 21.9. The van der Waals surface area contributed by atoms with E-state index in [1.807, 2.05) is 23.1 Å². The molecule has 1 N–H and O–H groups in total. The van der Waals surface area contributed by atoms with Crippen LogP contribution in [0.4, 0.5) is 0 Å². The van der Waals surface area contributed by atoms with Crippen molar-refractivity contribution in [3.05, 3.63) is 89.7 Å². The van der Waals surface area contributed by atoms with E-state index in [2.05, 4.69) is 65.3 Å². The number of hydrogen-bond acceptors (Lipinski definition) is 4. The molecule has 0 aliphatic carbocycles. The summed E-state index contributed by atoms with van der Waals surface area (Å²) in [6.45, 7) is 4.75. The summed E-state index contributed by atoms with van der Waals surface area (Å²) < 4.78 is 0. The average Bonchev–Trinajstić information content (AvgIpc) is 2.84. The van der Waals surface area contributed by atoms with Gasteiger partial charge in [0.05, 0.1) is 13.0 Å². The number of aliphatic hydroxyl groups is 1. The molecule has 0 bridgehead atoms. The van der Waals surface area contributed by atoms with Crippen molar-refractivity contribution in [2.45, 2.75) is 44.2 Å². The van der Waals surface area contributed by atoms with Gasteiger partial charge in [-0.25, -0.2) is 0 Å². The SMILES string of the molecule is Cc1ccccc1-c1ccc([C@H]2[C@@H](CO)N3CCCCN(C(=O)Cc4ccccn4)C[C@H]23)cc1. The van der Waals surface area contributed by atoms with E-state index in [0.29, 0.717) is 13.0 Å². The standard InChI is InChI=1S/C29H33N3O2/c1-21-8-2-3-10-25(21)22-11-13-23(14-12-22)29-26-19-31(16-6-7-17-32(26)27(29)20-33)28(34)18-24-9-4-5-15-30-24/h2-5,8-15,26-27,29,33H,6-7,16-20H2,1H3/t26-,27-,29-/m1/s1. The third-order valence-corrected chi connectivity index (χ3v) is 7.53. The summed E-state index contributed by atoms with van der Waals surface area (Å²) >= 11 is 0. The maximum atomic E-state index is 13.2. The molecule has 3 heterocycles. The van der Waals surface area contributed by atoms with E-state index in [0.717, 1.165) is 31.6 Å². The number of pyridine rings is 1. The monoisotopic (exact) mass is 455 g/mol. The summed E-state index contributed by atoms with van der Waals surface area (Å²) in [6, 6.07) is 23.3. The van der Waals surface area contributed by atoms with E-state index in [-0.39, 0.29) is 30.5 Å². The number of carbonyl (C=O) groups excluding carboxylic acids is 1. The summed E-state index contributed by atoms with van der Waals surface area (Å²) in [6.07, 6.45) is 4.11. The molecule has 0 radical (unpaired) electrons. The molecule has 2 fully saturated rings. The molecule has 3 atom stereocenters. The van der Waals surface area contributed by atoms with Crippen LogP contribution in [-0.2, 0) is 11.2 Å². The van der Waals surface area contributed by atoms with Crippen LogP contribution in [0.15, 0.2) is 72.9 Å². The second kappa shape index (κ2) is 10.1. The van der Waals surface area contributed by atoms with Gasteiger partial charge in [0, 0.05) is 43.0 Å². The minimum absolute atomic E-state index is 0.111. The molecule has 0 unspecified atom stereocenters. The van der Waals surface area contributed by atoms with Gasteiger partial charge >= 0.3 is 0 Å². The zero-order valence-corrected chi connectivity index (χ0v) is 19.8. The van der Waals surface area contributed by atoms with Crippen molar-refractivity contribution in [2.75, 3.05) is 26.2 Å². The topological polar surface area (TPSA) is 56.7 Å². The van der Waals surface area contributed by atoms with Gasteiger partial charge in [0.1, 0.15) is 0 Å². The average molecular weight is 456 g/mol. The number of nitrogens with zero attached hydrogens (tertiary/aromatic N) is 3. The number of fused-ring (bicyclic) bond motifs is 1. The molecule has 3 aromatic rings. The molecule has 5 nitrogen and oxygen atoms in total. The lowest BCUT2D eigenvalue weighted by atomic mass is 9.74. The number of benzene rings is 2. The summed E-state index contributed by atoms with van der Waals surface area (Å²) in [5.74, 6) is 0.362. The second-order valence-corrected chi connectivity index (χ2v) is 9.56. The van der Waals surface area contributed by atoms with Gasteiger partial charge in [0.15, 0.2) is 0 Å². The molecule has 5 rings (SSSR count). The van der Waals surface area contributed by atoms with Crippen LogP contribution in [0.2, 0.25) is 0 Å². The van der Waals surface area contributed by atoms with E-state index in [9.17, 15) is 9.90 Å². The molecule has 1 amide bonds. The molecule has 2 saturated heterocycles. The number of amides is 1. The Balaban J connectivity index is 1.36. The van der Waals surface area contributed by atoms with E-state index < -0.39 is 0 Å². The predicted octanol–water partition coefficient (Wildman–Crippen LogP) is 4.05. The zero-order chi connectivity index (χ0) is 23.5. The van der Waals surface area contributed by atoms with Crippen molar-refractivity contribution >= 4 is 5.91 Å². The minimum Gasteiger partial charge on any atom is -0.395 e. The third-order valence-electron chi connectivity index (χ3n) is 7.53. The second-order valence-electron chi connectivity index (χ2n) is 9.56.